The van der Waals surface area contributed by atoms with Crippen molar-refractivity contribution in [3.8, 4) is 10.6 Å². The Morgan fingerprint density at radius 3 is 2.56 bits per heavy atom. The van der Waals surface area contributed by atoms with Gasteiger partial charge in [-0.1, -0.05) is 65.4 Å². The molecular formula is C21H21Cl2N3S. The Kier molecular flexibility index (Phi) is 5.67. The fourth-order valence-electron chi connectivity index (χ4n) is 3.63. The minimum absolute atomic E-state index is 0.224. The maximum absolute atomic E-state index is 6.49. The van der Waals surface area contributed by atoms with Crippen LogP contribution < -0.4 is 4.80 Å². The smallest absolute Gasteiger partial charge is 0.203 e. The summed E-state index contributed by atoms with van der Waals surface area (Å²) in [7, 11) is 1.96. The molecule has 0 spiro atoms. The van der Waals surface area contributed by atoms with Gasteiger partial charge in [0.25, 0.3) is 0 Å². The van der Waals surface area contributed by atoms with Gasteiger partial charge in [-0.25, -0.2) is 4.68 Å². The van der Waals surface area contributed by atoms with Gasteiger partial charge in [-0.3, -0.25) is 4.99 Å². The fraction of sp³-hybridized carbons (Fsp3) is 0.333. The molecule has 0 radical (unpaired) electrons. The van der Waals surface area contributed by atoms with Crippen molar-refractivity contribution < 1.29 is 0 Å². The summed E-state index contributed by atoms with van der Waals surface area (Å²) in [4.78, 5) is 6.05. The van der Waals surface area contributed by atoms with Crippen LogP contribution in [0.3, 0.4) is 0 Å². The normalized spacial score (nSPS) is 23.5. The highest BCUT2D eigenvalue weighted by molar-refractivity contribution is 7.12. The van der Waals surface area contributed by atoms with Gasteiger partial charge < -0.3 is 0 Å². The van der Waals surface area contributed by atoms with E-state index in [0.717, 1.165) is 39.7 Å². The molecule has 140 valence electrons. The first kappa shape index (κ1) is 18.7. The van der Waals surface area contributed by atoms with Crippen LogP contribution in [0.4, 0.5) is 0 Å². The molecule has 0 saturated heterocycles. The second-order valence-electron chi connectivity index (χ2n) is 6.94. The van der Waals surface area contributed by atoms with Gasteiger partial charge in [-0.2, -0.15) is 5.10 Å². The van der Waals surface area contributed by atoms with Gasteiger partial charge in [0.1, 0.15) is 5.01 Å². The minimum atomic E-state index is 0.224. The van der Waals surface area contributed by atoms with Crippen molar-refractivity contribution in [2.45, 2.75) is 36.6 Å². The van der Waals surface area contributed by atoms with Gasteiger partial charge in [0, 0.05) is 28.9 Å². The maximum atomic E-state index is 6.49. The molecule has 0 N–H and O–H groups in total. The largest absolute Gasteiger partial charge is 0.254 e. The molecule has 1 aliphatic carbocycles. The maximum Gasteiger partial charge on any atom is 0.203 e. The summed E-state index contributed by atoms with van der Waals surface area (Å²) in [5, 5.41) is 6.57. The number of nitrogens with zero attached hydrogens (tertiary/aromatic N) is 3. The Bertz CT molecular complexity index is 963. The van der Waals surface area contributed by atoms with E-state index in [-0.39, 0.29) is 11.4 Å². The molecule has 3 nitrogen and oxygen atoms in total. The lowest BCUT2D eigenvalue weighted by molar-refractivity contribution is 0.384. The highest BCUT2D eigenvalue weighted by Crippen LogP contribution is 2.37. The molecule has 1 fully saturated rings. The zero-order valence-corrected chi connectivity index (χ0v) is 17.4. The molecule has 27 heavy (non-hydrogen) atoms. The number of benzene rings is 2. The van der Waals surface area contributed by atoms with Crippen molar-refractivity contribution in [3.63, 3.8) is 0 Å². The van der Waals surface area contributed by atoms with Crippen LogP contribution in [0.1, 0.15) is 30.7 Å². The van der Waals surface area contributed by atoms with E-state index in [2.05, 4.69) is 35.4 Å². The Labute approximate surface area is 173 Å². The van der Waals surface area contributed by atoms with Crippen molar-refractivity contribution in [2.75, 3.05) is 0 Å². The number of alkyl halides is 1. The summed E-state index contributed by atoms with van der Waals surface area (Å²) in [6.45, 7) is 0. The molecule has 0 amide bonds. The third-order valence-corrected chi connectivity index (χ3v) is 6.76. The molecule has 0 aliphatic heterocycles. The SMILES string of the molecule is Cn1nc(-c2ccc(Cl)cc2)sc1=NC1CCC(Cl)CC1c1ccccc1. The van der Waals surface area contributed by atoms with Crippen LogP contribution in [0.25, 0.3) is 10.6 Å². The molecule has 1 aromatic heterocycles. The van der Waals surface area contributed by atoms with Crippen LogP contribution in [-0.2, 0) is 7.05 Å². The monoisotopic (exact) mass is 417 g/mol. The second kappa shape index (κ2) is 8.17. The second-order valence-corrected chi connectivity index (χ2v) is 8.95. The van der Waals surface area contributed by atoms with Gasteiger partial charge in [-0.15, -0.1) is 11.6 Å². The predicted octanol–water partition coefficient (Wildman–Crippen LogP) is 5.65. The lowest BCUT2D eigenvalue weighted by atomic mass is 9.80. The highest BCUT2D eigenvalue weighted by atomic mass is 35.5. The van der Waals surface area contributed by atoms with Gasteiger partial charge in [0.15, 0.2) is 0 Å². The molecule has 4 rings (SSSR count). The lowest BCUT2D eigenvalue weighted by Gasteiger charge is -2.31. The van der Waals surface area contributed by atoms with E-state index in [1.165, 1.54) is 5.56 Å². The number of aryl methyl sites for hydroxylation is 1. The first-order chi connectivity index (χ1) is 13.1. The summed E-state index contributed by atoms with van der Waals surface area (Å²) in [5.41, 5.74) is 2.38. The summed E-state index contributed by atoms with van der Waals surface area (Å²) in [6, 6.07) is 18.6. The van der Waals surface area contributed by atoms with E-state index in [1.807, 2.05) is 36.0 Å². The van der Waals surface area contributed by atoms with E-state index in [1.54, 1.807) is 11.3 Å². The molecule has 2 aromatic carbocycles. The van der Waals surface area contributed by atoms with Crippen molar-refractivity contribution in [1.29, 1.82) is 0 Å². The van der Waals surface area contributed by atoms with Crippen molar-refractivity contribution in [2.24, 2.45) is 12.0 Å². The molecule has 3 atom stereocenters. The highest BCUT2D eigenvalue weighted by Gasteiger charge is 2.30. The predicted molar refractivity (Wildman–Crippen MR) is 114 cm³/mol. The first-order valence-electron chi connectivity index (χ1n) is 9.13. The van der Waals surface area contributed by atoms with Gasteiger partial charge in [-0.05, 0) is 37.0 Å². The van der Waals surface area contributed by atoms with Gasteiger partial charge in [0.2, 0.25) is 4.80 Å². The van der Waals surface area contributed by atoms with Gasteiger partial charge >= 0.3 is 0 Å². The minimum Gasteiger partial charge on any atom is -0.254 e. The van der Waals surface area contributed by atoms with Crippen molar-refractivity contribution in [3.05, 3.63) is 70.0 Å². The van der Waals surface area contributed by atoms with Gasteiger partial charge in [0.05, 0.1) is 6.04 Å². The summed E-state index contributed by atoms with van der Waals surface area (Å²) < 4.78 is 1.88. The zero-order chi connectivity index (χ0) is 18.8. The quantitative estimate of drug-likeness (QED) is 0.506. The summed E-state index contributed by atoms with van der Waals surface area (Å²) in [5.74, 6) is 0.350. The third-order valence-electron chi connectivity index (χ3n) is 5.05. The molecule has 3 unspecified atom stereocenters. The lowest BCUT2D eigenvalue weighted by Crippen LogP contribution is -2.29. The topological polar surface area (TPSA) is 30.2 Å². The average Bonchev–Trinajstić information content (AvgIpc) is 3.05. The van der Waals surface area contributed by atoms with Crippen LogP contribution in [0.2, 0.25) is 5.02 Å². The third kappa shape index (κ3) is 4.29. The van der Waals surface area contributed by atoms with Crippen molar-refractivity contribution >= 4 is 34.5 Å². The molecule has 6 heteroatoms. The fourth-order valence-corrected chi connectivity index (χ4v) is 5.02. The molecular weight excluding hydrogens is 397 g/mol. The molecule has 0 bridgehead atoms. The average molecular weight is 418 g/mol. The van der Waals surface area contributed by atoms with E-state index in [0.29, 0.717) is 5.92 Å². The molecule has 1 saturated carbocycles. The number of rotatable bonds is 3. The van der Waals surface area contributed by atoms with E-state index < -0.39 is 0 Å². The number of aromatic nitrogens is 2. The van der Waals surface area contributed by atoms with E-state index >= 15 is 0 Å². The standard InChI is InChI=1S/C21H21Cl2N3S/c1-26-21(27-20(25-26)15-7-9-16(22)10-8-15)24-19-12-11-17(23)13-18(19)14-5-3-2-4-6-14/h2-10,17-19H,11-13H2,1H3. The Morgan fingerprint density at radius 1 is 1.07 bits per heavy atom. The van der Waals surface area contributed by atoms with Crippen molar-refractivity contribution in [1.82, 2.24) is 9.78 Å². The van der Waals surface area contributed by atoms with Crippen LogP contribution in [0.5, 0.6) is 0 Å². The summed E-state index contributed by atoms with van der Waals surface area (Å²) in [6.07, 6.45) is 2.97. The Balaban J connectivity index is 1.68. The number of halogens is 2. The number of hydrogen-bond acceptors (Lipinski definition) is 3. The zero-order valence-electron chi connectivity index (χ0n) is 15.1. The van der Waals surface area contributed by atoms with E-state index in [4.69, 9.17) is 28.2 Å². The van der Waals surface area contributed by atoms with Crippen LogP contribution in [-0.4, -0.2) is 21.2 Å². The number of hydrogen-bond donors (Lipinski definition) is 0. The Morgan fingerprint density at radius 2 is 1.81 bits per heavy atom. The molecule has 3 aromatic rings. The summed E-state index contributed by atoms with van der Waals surface area (Å²) >= 11 is 14.1. The molecule has 1 heterocycles. The van der Waals surface area contributed by atoms with E-state index in [9.17, 15) is 0 Å². The first-order valence-corrected chi connectivity index (χ1v) is 10.8. The molecule has 1 aliphatic rings. The van der Waals surface area contributed by atoms with Crippen LogP contribution >= 0.6 is 34.5 Å². The van der Waals surface area contributed by atoms with Crippen LogP contribution in [0, 0.1) is 0 Å². The Hall–Kier alpha value is -1.62. The van der Waals surface area contributed by atoms with Crippen LogP contribution in [0.15, 0.2) is 59.6 Å².